The van der Waals surface area contributed by atoms with E-state index in [1.165, 1.54) is 47.1 Å². The lowest BCUT2D eigenvalue weighted by atomic mass is 9.96. The van der Waals surface area contributed by atoms with Crippen LogP contribution in [0.15, 0.2) is 77.7 Å². The Balaban J connectivity index is 1.06. The Morgan fingerprint density at radius 3 is 2.52 bits per heavy atom. The molecule has 0 aliphatic carbocycles. The summed E-state index contributed by atoms with van der Waals surface area (Å²) < 4.78 is 43.9. The normalized spacial score (nSPS) is 23.9. The number of nitrogens with zero attached hydrogens (tertiary/aromatic N) is 3. The highest BCUT2D eigenvalue weighted by Crippen LogP contribution is 2.58. The number of benzene rings is 2. The Hall–Kier alpha value is -4.89. The van der Waals surface area contributed by atoms with Crippen LogP contribution in [0.3, 0.4) is 0 Å². The van der Waals surface area contributed by atoms with E-state index in [-0.39, 0.29) is 53.3 Å². The number of rotatable bonds is 13. The molecule has 0 saturated carbocycles. The number of aromatic nitrogens is 1. The smallest absolute Gasteiger partial charge is 0.355 e. The van der Waals surface area contributed by atoms with Crippen molar-refractivity contribution in [3.8, 4) is 5.75 Å². The number of thiophene rings is 1. The van der Waals surface area contributed by atoms with Crippen molar-refractivity contribution in [1.29, 1.82) is 0 Å². The first-order valence-corrected chi connectivity index (χ1v) is 23.1. The zero-order chi connectivity index (χ0) is 42.7. The number of esters is 1. The van der Waals surface area contributed by atoms with Gasteiger partial charge in [-0.05, 0) is 91.9 Å². The molecule has 3 amide bonds. The minimum atomic E-state index is -4.46. The van der Waals surface area contributed by atoms with Gasteiger partial charge in [0.05, 0.1) is 11.5 Å². The van der Waals surface area contributed by atoms with Crippen LogP contribution in [0.5, 0.6) is 5.75 Å². The Labute approximate surface area is 352 Å². The monoisotopic (exact) mass is 862 g/mol. The third-order valence-corrected chi connectivity index (χ3v) is 14.9. The zero-order valence-corrected chi connectivity index (χ0v) is 35.7. The van der Waals surface area contributed by atoms with Gasteiger partial charge in [-0.2, -0.15) is 0 Å². The number of fused-ring (bicyclic) bond motifs is 2. The Bertz CT molecular complexity index is 2340. The van der Waals surface area contributed by atoms with Gasteiger partial charge in [-0.1, -0.05) is 44.0 Å². The number of hydrogen-bond acceptors (Lipinski definition) is 10. The van der Waals surface area contributed by atoms with Crippen LogP contribution in [-0.2, 0) is 30.7 Å². The van der Waals surface area contributed by atoms with Crippen molar-refractivity contribution in [3.05, 3.63) is 99.3 Å². The molecule has 14 nitrogen and oxygen atoms in total. The van der Waals surface area contributed by atoms with Crippen molar-refractivity contribution >= 4 is 52.6 Å². The summed E-state index contributed by atoms with van der Waals surface area (Å²) in [7, 11) is -2.79. The molecule has 4 aromatic rings. The van der Waals surface area contributed by atoms with E-state index in [9.17, 15) is 28.5 Å². The Kier molecular flexibility index (Phi) is 13.2. The van der Waals surface area contributed by atoms with Gasteiger partial charge in [0, 0.05) is 55.1 Å². The summed E-state index contributed by atoms with van der Waals surface area (Å²) in [6.07, 6.45) is 6.18. The summed E-state index contributed by atoms with van der Waals surface area (Å²) >= 11 is 1.17. The highest BCUT2D eigenvalue weighted by Gasteiger charge is 2.47. The molecule has 0 spiro atoms. The Morgan fingerprint density at radius 2 is 1.77 bits per heavy atom. The summed E-state index contributed by atoms with van der Waals surface area (Å²) in [5, 5.41) is 6.04. The average molecular weight is 863 g/mol. The zero-order valence-electron chi connectivity index (χ0n) is 34.0. The van der Waals surface area contributed by atoms with E-state index in [0.717, 1.165) is 24.8 Å². The molecule has 2 aromatic heterocycles. The quantitative estimate of drug-likeness (QED) is 0.111. The number of aryl methyl sites for hydroxylation is 1. The van der Waals surface area contributed by atoms with Crippen LogP contribution in [0.1, 0.15) is 91.4 Å². The number of halogens is 1. The van der Waals surface area contributed by atoms with E-state index in [0.29, 0.717) is 53.7 Å². The van der Waals surface area contributed by atoms with Crippen molar-refractivity contribution in [2.45, 2.75) is 101 Å². The van der Waals surface area contributed by atoms with Crippen LogP contribution in [0.25, 0.3) is 10.1 Å². The molecular formula is C43H52FN6O8PS. The molecule has 7 rings (SSSR count). The van der Waals surface area contributed by atoms with Crippen molar-refractivity contribution in [2.24, 2.45) is 12.8 Å². The molecule has 8 atom stereocenters. The molecule has 17 heteroatoms. The number of carbonyl (C=O) groups is 4. The first-order chi connectivity index (χ1) is 28.8. The molecule has 4 N–H and O–H groups in total. The minimum Gasteiger partial charge on any atom is -0.465 e. The van der Waals surface area contributed by atoms with Gasteiger partial charge < -0.3 is 34.7 Å². The highest BCUT2D eigenvalue weighted by atomic mass is 32.1. The molecule has 5 heterocycles. The molecule has 320 valence electrons. The number of nitrogens with one attached hydrogen (secondary N) is 2. The van der Waals surface area contributed by atoms with Crippen molar-refractivity contribution in [3.63, 3.8) is 0 Å². The van der Waals surface area contributed by atoms with Gasteiger partial charge in [0.25, 0.3) is 11.5 Å². The number of hydrogen-bond donors (Lipinski definition) is 3. The van der Waals surface area contributed by atoms with Crippen LogP contribution < -0.4 is 26.2 Å². The second kappa shape index (κ2) is 18.4. The van der Waals surface area contributed by atoms with E-state index < -0.39 is 43.4 Å². The SMILES string of the molecule is CCCOC(=O)[C@H](C)NP(=O)(Oc1ccccc1)C(F)c1ccc2sc(C(=O)NC3CCCC[C@H]4CC[C@@H](C(=O)N5C[C@@H](N)[C@H](c6ccn(C)c(=O)c6)C5)N4C3=O)cc2c1. The van der Waals surface area contributed by atoms with E-state index >= 15 is 4.39 Å². The number of para-hydroxylation sites is 1. The van der Waals surface area contributed by atoms with Crippen LogP contribution >= 0.6 is 18.9 Å². The maximum absolute atomic E-state index is 16.5. The molecular weight excluding hydrogens is 811 g/mol. The minimum absolute atomic E-state index is 0.0115. The molecule has 60 heavy (non-hydrogen) atoms. The van der Waals surface area contributed by atoms with E-state index in [1.54, 1.807) is 59.4 Å². The van der Waals surface area contributed by atoms with Gasteiger partial charge in [0.2, 0.25) is 17.7 Å². The number of alkyl halides is 1. The second-order valence-corrected chi connectivity index (χ2v) is 19.2. The largest absolute Gasteiger partial charge is 0.465 e. The average Bonchev–Trinajstić information content (AvgIpc) is 3.97. The lowest BCUT2D eigenvalue weighted by molar-refractivity contribution is -0.146. The van der Waals surface area contributed by atoms with Gasteiger partial charge >= 0.3 is 13.5 Å². The number of nitrogens with two attached hydrogens (primary N) is 1. The van der Waals surface area contributed by atoms with E-state index in [2.05, 4.69) is 10.4 Å². The fraction of sp³-hybridized carbons (Fsp3) is 0.465. The number of likely N-dealkylation sites (tertiary alicyclic amines) is 1. The van der Waals surface area contributed by atoms with Crippen molar-refractivity contribution in [1.82, 2.24) is 24.8 Å². The van der Waals surface area contributed by atoms with Crippen molar-refractivity contribution in [2.75, 3.05) is 19.7 Å². The van der Waals surface area contributed by atoms with Crippen LogP contribution in [0.4, 0.5) is 4.39 Å². The number of amides is 3. The third-order valence-electron chi connectivity index (χ3n) is 11.7. The standard InChI is InChI=1S/C43H52FN6O8PS/c1-4-20-57-43(55)26(2)47-59(56,58-31-11-6-5-7-12-31)39(44)28-14-17-36-29(21-28)22-37(60-36)40(52)46-34-13-9-8-10-30-15-16-35(50(30)41(34)53)42(54)49-24-32(33(45)25-49)27-18-19-48(3)38(51)23-27/h5-7,11-12,14,17-19,21-23,26,30,32-35,39H,4,8-10,13,15-16,20,24-25,45H2,1-3H3,(H,46,52)(H,47,56)/t26-,30-,32-,33+,34?,35-,39?,59?/m0/s1. The molecule has 2 aromatic carbocycles. The summed E-state index contributed by atoms with van der Waals surface area (Å²) in [5.41, 5.74) is 7.15. The van der Waals surface area contributed by atoms with Gasteiger partial charge in [-0.3, -0.25) is 28.5 Å². The Morgan fingerprint density at radius 1 is 1.00 bits per heavy atom. The lowest BCUT2D eigenvalue weighted by Gasteiger charge is -2.36. The topological polar surface area (TPSA) is 182 Å². The molecule has 3 fully saturated rings. The van der Waals surface area contributed by atoms with E-state index in [1.807, 2.05) is 13.0 Å². The summed E-state index contributed by atoms with van der Waals surface area (Å²) in [6, 6.07) is 14.5. The van der Waals surface area contributed by atoms with Crippen LogP contribution in [0, 0.1) is 0 Å². The number of ether oxygens (including phenoxy) is 1. The predicted octanol–water partition coefficient (Wildman–Crippen LogP) is 5.76. The maximum atomic E-state index is 16.5. The highest BCUT2D eigenvalue weighted by molar-refractivity contribution is 7.57. The first-order valence-electron chi connectivity index (χ1n) is 20.6. The number of carbonyl (C=O) groups excluding carboxylic acids is 4. The summed E-state index contributed by atoms with van der Waals surface area (Å²) in [6.45, 7) is 4.07. The summed E-state index contributed by atoms with van der Waals surface area (Å²) in [5.74, 6) is -3.92. The second-order valence-electron chi connectivity index (χ2n) is 16.0. The fourth-order valence-corrected chi connectivity index (χ4v) is 11.3. The summed E-state index contributed by atoms with van der Waals surface area (Å²) in [4.78, 5) is 71.0. The van der Waals surface area contributed by atoms with Gasteiger partial charge in [-0.25, -0.2) is 9.48 Å². The molecule has 3 unspecified atom stereocenters. The van der Waals surface area contributed by atoms with Crippen LogP contribution in [-0.4, -0.2) is 88.0 Å². The first kappa shape index (κ1) is 43.2. The van der Waals surface area contributed by atoms with Crippen molar-refractivity contribution < 1.29 is 37.4 Å². The molecule has 3 aliphatic rings. The maximum Gasteiger partial charge on any atom is 0.355 e. The number of pyridine rings is 1. The van der Waals surface area contributed by atoms with E-state index in [4.69, 9.17) is 15.0 Å². The lowest BCUT2D eigenvalue weighted by Crippen LogP contribution is -2.56. The van der Waals surface area contributed by atoms with Gasteiger partial charge in [-0.15, -0.1) is 11.3 Å². The third kappa shape index (κ3) is 9.21. The van der Waals surface area contributed by atoms with Gasteiger partial charge in [0.15, 0.2) is 0 Å². The molecule has 0 bridgehead atoms. The molecule has 3 aliphatic heterocycles. The fourth-order valence-electron chi connectivity index (χ4n) is 8.45. The molecule has 0 radical (unpaired) electrons. The van der Waals surface area contributed by atoms with Gasteiger partial charge in [0.1, 0.15) is 23.9 Å². The predicted molar refractivity (Wildman–Crippen MR) is 227 cm³/mol. The van der Waals surface area contributed by atoms with Crippen LogP contribution in [0.2, 0.25) is 0 Å². The molecule has 3 saturated heterocycles.